The van der Waals surface area contributed by atoms with E-state index in [1.807, 2.05) is 25.1 Å². The second-order valence-electron chi connectivity index (χ2n) is 2.75. The van der Waals surface area contributed by atoms with Gasteiger partial charge in [-0.05, 0) is 18.1 Å². The van der Waals surface area contributed by atoms with Gasteiger partial charge in [-0.3, -0.25) is 0 Å². The van der Waals surface area contributed by atoms with Crippen molar-refractivity contribution in [3.05, 3.63) is 48.6 Å². The summed E-state index contributed by atoms with van der Waals surface area (Å²) in [6, 6.07) is 7.35. The van der Waals surface area contributed by atoms with Gasteiger partial charge in [0.1, 0.15) is 0 Å². The van der Waals surface area contributed by atoms with Crippen molar-refractivity contribution in [2.24, 2.45) is 0 Å². The Morgan fingerprint density at radius 2 is 1.62 bits per heavy atom. The second-order valence-corrected chi connectivity index (χ2v) is 2.75. The first kappa shape index (κ1) is 13.1. The smallest absolute Gasteiger partial charge is 0.872 e. The molecule has 0 aromatic heterocycles. The van der Waals surface area contributed by atoms with Crippen LogP contribution in [0.25, 0.3) is 11.3 Å². The van der Waals surface area contributed by atoms with Crippen LogP contribution < -0.4 is 56.5 Å². The molecule has 0 saturated heterocycles. The van der Waals surface area contributed by atoms with E-state index in [9.17, 15) is 5.11 Å². The molecule has 1 aromatic rings. The molecule has 0 heterocycles. The van der Waals surface area contributed by atoms with Gasteiger partial charge in [0.05, 0.1) is 0 Å². The van der Waals surface area contributed by atoms with E-state index in [0.29, 0.717) is 5.56 Å². The van der Waals surface area contributed by atoms with Gasteiger partial charge in [-0.25, -0.2) is 0 Å². The van der Waals surface area contributed by atoms with Gasteiger partial charge in [0, 0.05) is 0 Å². The standard InChI is InChI=1S/C11H12O.K/c1-8(2)10-6-4-5-7-11(10)9(3)12;/h4-7,12H,1,3H2,2H3;/q;+1/p-1. The molecule has 0 aliphatic heterocycles. The Hall–Kier alpha value is 0.136. The van der Waals surface area contributed by atoms with Crippen molar-refractivity contribution < 1.29 is 56.5 Å². The molecule has 0 bridgehead atoms. The summed E-state index contributed by atoms with van der Waals surface area (Å²) in [6.45, 7) is 9.04. The van der Waals surface area contributed by atoms with Crippen molar-refractivity contribution in [3.8, 4) is 0 Å². The van der Waals surface area contributed by atoms with Crippen LogP contribution in [-0.4, -0.2) is 0 Å². The molecule has 0 fully saturated rings. The minimum Gasteiger partial charge on any atom is -0.872 e. The van der Waals surface area contributed by atoms with Crippen LogP contribution >= 0.6 is 0 Å². The van der Waals surface area contributed by atoms with E-state index in [0.717, 1.165) is 11.1 Å². The molecule has 1 aromatic carbocycles. The van der Waals surface area contributed by atoms with E-state index in [-0.39, 0.29) is 57.1 Å². The van der Waals surface area contributed by atoms with Crippen molar-refractivity contribution >= 4 is 11.3 Å². The normalized spacial score (nSPS) is 8.69. The van der Waals surface area contributed by atoms with Crippen molar-refractivity contribution in [1.29, 1.82) is 0 Å². The number of rotatable bonds is 2. The third kappa shape index (κ3) is 3.41. The maximum Gasteiger partial charge on any atom is 1.00 e. The molecule has 0 N–H and O–H groups in total. The molecule has 0 saturated carbocycles. The Morgan fingerprint density at radius 3 is 1.92 bits per heavy atom. The van der Waals surface area contributed by atoms with Crippen molar-refractivity contribution in [2.45, 2.75) is 6.92 Å². The Bertz CT molecular complexity index is 296. The average Bonchev–Trinajstić information content (AvgIpc) is 2.04. The maximum atomic E-state index is 11.0. The first-order valence-electron chi connectivity index (χ1n) is 3.74. The molecule has 13 heavy (non-hydrogen) atoms. The summed E-state index contributed by atoms with van der Waals surface area (Å²) in [5.41, 5.74) is 2.42. The topological polar surface area (TPSA) is 23.1 Å². The van der Waals surface area contributed by atoms with E-state index in [1.165, 1.54) is 0 Å². The quantitative estimate of drug-likeness (QED) is 0.444. The van der Waals surface area contributed by atoms with Crippen LogP contribution in [0.4, 0.5) is 0 Å². The van der Waals surface area contributed by atoms with Gasteiger partial charge in [-0.15, -0.1) is 12.3 Å². The zero-order valence-corrected chi connectivity index (χ0v) is 11.3. The minimum atomic E-state index is -0.159. The molecular weight excluding hydrogens is 187 g/mol. The van der Waals surface area contributed by atoms with Gasteiger partial charge in [0.2, 0.25) is 0 Å². The number of hydrogen-bond acceptors (Lipinski definition) is 1. The first-order chi connectivity index (χ1) is 5.63. The largest absolute Gasteiger partial charge is 1.00 e. The molecule has 1 nitrogen and oxygen atoms in total. The average molecular weight is 198 g/mol. The van der Waals surface area contributed by atoms with Crippen LogP contribution in [0.2, 0.25) is 0 Å². The van der Waals surface area contributed by atoms with E-state index in [2.05, 4.69) is 13.2 Å². The second kappa shape index (κ2) is 5.78. The van der Waals surface area contributed by atoms with E-state index < -0.39 is 0 Å². The van der Waals surface area contributed by atoms with Gasteiger partial charge in [0.15, 0.2) is 0 Å². The van der Waals surface area contributed by atoms with E-state index in [4.69, 9.17) is 0 Å². The Morgan fingerprint density at radius 1 is 1.15 bits per heavy atom. The van der Waals surface area contributed by atoms with Crippen LogP contribution in [0.3, 0.4) is 0 Å². The molecule has 2 heteroatoms. The van der Waals surface area contributed by atoms with Crippen LogP contribution in [-0.2, 0) is 0 Å². The summed E-state index contributed by atoms with van der Waals surface area (Å²) >= 11 is 0. The summed E-state index contributed by atoms with van der Waals surface area (Å²) in [7, 11) is 0. The SMILES string of the molecule is C=C(C)c1ccccc1C(=C)[O-].[K+]. The van der Waals surface area contributed by atoms with Gasteiger partial charge >= 0.3 is 51.4 Å². The summed E-state index contributed by atoms with van der Waals surface area (Å²) in [6.07, 6.45) is 0. The van der Waals surface area contributed by atoms with Crippen LogP contribution in [0, 0.1) is 0 Å². The molecular formula is C11H11KO. The fourth-order valence-corrected chi connectivity index (χ4v) is 1.10. The minimum absolute atomic E-state index is 0. The third-order valence-corrected chi connectivity index (χ3v) is 1.69. The Kier molecular flexibility index (Phi) is 5.84. The summed E-state index contributed by atoms with van der Waals surface area (Å²) in [5, 5.41) is 11.0. The first-order valence-corrected chi connectivity index (χ1v) is 3.74. The van der Waals surface area contributed by atoms with Crippen molar-refractivity contribution in [1.82, 2.24) is 0 Å². The molecule has 0 aliphatic rings. The molecule has 1 rings (SSSR count). The fraction of sp³-hybridized carbons (Fsp3) is 0.0909. The van der Waals surface area contributed by atoms with Crippen molar-refractivity contribution in [2.75, 3.05) is 0 Å². The molecule has 0 spiro atoms. The van der Waals surface area contributed by atoms with Gasteiger partial charge < -0.3 is 5.11 Å². The monoisotopic (exact) mass is 198 g/mol. The molecule has 0 radical (unpaired) electrons. The summed E-state index contributed by atoms with van der Waals surface area (Å²) in [5.74, 6) is -0.159. The Labute approximate surface area is 122 Å². The van der Waals surface area contributed by atoms with Crippen molar-refractivity contribution in [3.63, 3.8) is 0 Å². The number of benzene rings is 1. The molecule has 62 valence electrons. The van der Waals surface area contributed by atoms with Crippen LogP contribution in [0.1, 0.15) is 18.1 Å². The zero-order chi connectivity index (χ0) is 9.14. The van der Waals surface area contributed by atoms with Gasteiger partial charge in [0.25, 0.3) is 0 Å². The predicted octanol–water partition coefficient (Wildman–Crippen LogP) is -0.945. The summed E-state index contributed by atoms with van der Waals surface area (Å²) < 4.78 is 0. The molecule has 0 amide bonds. The van der Waals surface area contributed by atoms with Gasteiger partial charge in [-0.2, -0.15) is 0 Å². The molecule has 0 unspecified atom stereocenters. The third-order valence-electron chi connectivity index (χ3n) is 1.69. The molecule has 0 aliphatic carbocycles. The van der Waals surface area contributed by atoms with Crippen LogP contribution in [0.15, 0.2) is 37.4 Å². The maximum absolute atomic E-state index is 11.0. The predicted molar refractivity (Wildman–Crippen MR) is 50.2 cm³/mol. The van der Waals surface area contributed by atoms with Crippen LogP contribution in [0.5, 0.6) is 0 Å². The number of allylic oxidation sites excluding steroid dienone is 1. The summed E-state index contributed by atoms with van der Waals surface area (Å²) in [4.78, 5) is 0. The fourth-order valence-electron chi connectivity index (χ4n) is 1.10. The Balaban J connectivity index is 0.00000144. The van der Waals surface area contributed by atoms with Gasteiger partial charge in [-0.1, -0.05) is 36.4 Å². The molecule has 0 atom stereocenters. The number of hydrogen-bond donors (Lipinski definition) is 0. The van der Waals surface area contributed by atoms with E-state index in [1.54, 1.807) is 6.07 Å². The zero-order valence-electron chi connectivity index (χ0n) is 8.13. The van der Waals surface area contributed by atoms with E-state index >= 15 is 0 Å².